The van der Waals surface area contributed by atoms with Crippen LogP contribution in [0.3, 0.4) is 0 Å². The third-order valence-corrected chi connectivity index (χ3v) is 2.18. The number of carbonyl (C=O) groups excluding carboxylic acids is 1. The summed E-state index contributed by atoms with van der Waals surface area (Å²) in [5.41, 5.74) is 0.102. The standard InChI is InChI=1S/C10H10N2O5/c13-6-11-8(10(14)15)5-7-3-1-2-4-9(7)12(16)17/h1-4,6,8H,5H2,(H,11,13)(H,14,15). The van der Waals surface area contributed by atoms with E-state index in [1.54, 1.807) is 6.07 Å². The number of nitro groups is 1. The fraction of sp³-hybridized carbons (Fsp3) is 0.200. The number of hydrogen-bond acceptors (Lipinski definition) is 4. The Hall–Kier alpha value is -2.44. The second-order valence-electron chi connectivity index (χ2n) is 3.27. The zero-order valence-corrected chi connectivity index (χ0v) is 8.70. The molecule has 0 aliphatic rings. The smallest absolute Gasteiger partial charge is 0.326 e. The highest BCUT2D eigenvalue weighted by Crippen LogP contribution is 2.19. The summed E-state index contributed by atoms with van der Waals surface area (Å²) in [5, 5.41) is 21.6. The van der Waals surface area contributed by atoms with E-state index in [1.807, 2.05) is 0 Å². The highest BCUT2D eigenvalue weighted by Gasteiger charge is 2.21. The molecule has 1 amide bonds. The molecule has 0 bridgehead atoms. The van der Waals surface area contributed by atoms with Crippen LogP contribution in [0.2, 0.25) is 0 Å². The summed E-state index contributed by atoms with van der Waals surface area (Å²) in [4.78, 5) is 31.1. The maximum atomic E-state index is 10.8. The molecule has 0 saturated heterocycles. The second kappa shape index (κ2) is 5.59. The fourth-order valence-corrected chi connectivity index (χ4v) is 1.38. The highest BCUT2D eigenvalue weighted by molar-refractivity contribution is 5.76. The Kier molecular flexibility index (Phi) is 4.15. The van der Waals surface area contributed by atoms with Crippen molar-refractivity contribution in [2.45, 2.75) is 12.5 Å². The van der Waals surface area contributed by atoms with Gasteiger partial charge in [-0.15, -0.1) is 0 Å². The zero-order chi connectivity index (χ0) is 12.8. The van der Waals surface area contributed by atoms with E-state index in [2.05, 4.69) is 5.32 Å². The van der Waals surface area contributed by atoms with E-state index < -0.39 is 16.9 Å². The van der Waals surface area contributed by atoms with Gasteiger partial charge in [0.15, 0.2) is 0 Å². The van der Waals surface area contributed by atoms with Gasteiger partial charge >= 0.3 is 5.97 Å². The molecular weight excluding hydrogens is 228 g/mol. The average Bonchev–Trinajstić information content (AvgIpc) is 2.28. The highest BCUT2D eigenvalue weighted by atomic mass is 16.6. The van der Waals surface area contributed by atoms with E-state index in [0.717, 1.165) is 0 Å². The third-order valence-electron chi connectivity index (χ3n) is 2.18. The van der Waals surface area contributed by atoms with Crippen LogP contribution in [0.5, 0.6) is 0 Å². The zero-order valence-electron chi connectivity index (χ0n) is 8.70. The molecular formula is C10H10N2O5. The fourth-order valence-electron chi connectivity index (χ4n) is 1.38. The monoisotopic (exact) mass is 238 g/mol. The van der Waals surface area contributed by atoms with Gasteiger partial charge in [-0.3, -0.25) is 14.9 Å². The molecule has 2 N–H and O–H groups in total. The van der Waals surface area contributed by atoms with Gasteiger partial charge in [-0.2, -0.15) is 0 Å². The topological polar surface area (TPSA) is 110 Å². The van der Waals surface area contributed by atoms with E-state index in [9.17, 15) is 19.7 Å². The molecule has 0 spiro atoms. The minimum absolute atomic E-state index is 0.134. The lowest BCUT2D eigenvalue weighted by atomic mass is 10.0. The molecule has 1 unspecified atom stereocenters. The maximum Gasteiger partial charge on any atom is 0.326 e. The van der Waals surface area contributed by atoms with Crippen LogP contribution in [-0.2, 0) is 16.0 Å². The summed E-state index contributed by atoms with van der Waals surface area (Å²) >= 11 is 0. The van der Waals surface area contributed by atoms with E-state index in [4.69, 9.17) is 5.11 Å². The Morgan fingerprint density at radius 1 is 1.53 bits per heavy atom. The number of nitro benzene ring substituents is 1. The number of carboxylic acids is 1. The first-order valence-corrected chi connectivity index (χ1v) is 4.71. The molecule has 0 heterocycles. The first kappa shape index (κ1) is 12.6. The minimum atomic E-state index is -1.24. The van der Waals surface area contributed by atoms with Gasteiger partial charge in [0.1, 0.15) is 6.04 Å². The molecule has 1 atom stereocenters. The van der Waals surface area contributed by atoms with Crippen molar-refractivity contribution >= 4 is 18.1 Å². The van der Waals surface area contributed by atoms with E-state index in [-0.39, 0.29) is 24.1 Å². The molecule has 0 fully saturated rings. The SMILES string of the molecule is O=CNC(Cc1ccccc1[N+](=O)[O-])C(=O)O. The van der Waals surface area contributed by atoms with Crippen molar-refractivity contribution in [3.8, 4) is 0 Å². The first-order chi connectivity index (χ1) is 8.06. The van der Waals surface area contributed by atoms with Crippen molar-refractivity contribution in [3.05, 3.63) is 39.9 Å². The van der Waals surface area contributed by atoms with Crippen molar-refractivity contribution in [3.63, 3.8) is 0 Å². The molecule has 0 aliphatic carbocycles. The number of nitrogens with zero attached hydrogens (tertiary/aromatic N) is 1. The molecule has 1 rings (SSSR count). The van der Waals surface area contributed by atoms with Crippen LogP contribution in [-0.4, -0.2) is 28.5 Å². The summed E-state index contributed by atoms with van der Waals surface area (Å²) in [7, 11) is 0. The Balaban J connectivity index is 2.96. The Morgan fingerprint density at radius 3 is 2.71 bits per heavy atom. The first-order valence-electron chi connectivity index (χ1n) is 4.71. The van der Waals surface area contributed by atoms with Gasteiger partial charge in [-0.25, -0.2) is 4.79 Å². The number of para-hydroxylation sites is 1. The molecule has 0 aromatic heterocycles. The van der Waals surface area contributed by atoms with Crippen LogP contribution in [0.4, 0.5) is 5.69 Å². The summed E-state index contributed by atoms with van der Waals surface area (Å²) in [6.07, 6.45) is 0.124. The van der Waals surface area contributed by atoms with Crippen molar-refractivity contribution < 1.29 is 19.6 Å². The molecule has 17 heavy (non-hydrogen) atoms. The minimum Gasteiger partial charge on any atom is -0.480 e. The number of amides is 1. The van der Waals surface area contributed by atoms with Crippen LogP contribution in [0.1, 0.15) is 5.56 Å². The van der Waals surface area contributed by atoms with Crippen molar-refractivity contribution in [2.24, 2.45) is 0 Å². The average molecular weight is 238 g/mol. The molecule has 0 saturated carbocycles. The summed E-state index contributed by atoms with van der Waals surface area (Å²) in [6, 6.07) is 4.64. The number of aliphatic carboxylic acids is 1. The Bertz CT molecular complexity index is 446. The molecule has 7 heteroatoms. The van der Waals surface area contributed by atoms with Crippen LogP contribution >= 0.6 is 0 Å². The van der Waals surface area contributed by atoms with Crippen LogP contribution < -0.4 is 5.32 Å². The van der Waals surface area contributed by atoms with Crippen molar-refractivity contribution in [1.82, 2.24) is 5.32 Å². The summed E-state index contributed by atoms with van der Waals surface area (Å²) in [5.74, 6) is -1.24. The predicted molar refractivity (Wildman–Crippen MR) is 57.4 cm³/mol. The molecule has 0 radical (unpaired) electrons. The molecule has 90 valence electrons. The Labute approximate surface area is 96.2 Å². The van der Waals surface area contributed by atoms with Gasteiger partial charge in [-0.1, -0.05) is 18.2 Å². The Morgan fingerprint density at radius 2 is 2.18 bits per heavy atom. The number of hydrogen-bond donors (Lipinski definition) is 2. The van der Waals surface area contributed by atoms with Crippen LogP contribution in [0.25, 0.3) is 0 Å². The van der Waals surface area contributed by atoms with Crippen LogP contribution in [0, 0.1) is 10.1 Å². The lowest BCUT2D eigenvalue weighted by Gasteiger charge is -2.10. The third kappa shape index (κ3) is 3.26. The van der Waals surface area contributed by atoms with Crippen molar-refractivity contribution in [1.29, 1.82) is 0 Å². The summed E-state index contributed by atoms with van der Waals surface area (Å²) < 4.78 is 0. The predicted octanol–water partition coefficient (Wildman–Crippen LogP) is 0.336. The van der Waals surface area contributed by atoms with Gasteiger partial charge in [0.05, 0.1) is 4.92 Å². The van der Waals surface area contributed by atoms with E-state index in [0.29, 0.717) is 0 Å². The lowest BCUT2D eigenvalue weighted by molar-refractivity contribution is -0.385. The lowest BCUT2D eigenvalue weighted by Crippen LogP contribution is -2.37. The van der Waals surface area contributed by atoms with E-state index in [1.165, 1.54) is 18.2 Å². The molecule has 1 aromatic rings. The molecule has 0 aliphatic heterocycles. The van der Waals surface area contributed by atoms with Gasteiger partial charge < -0.3 is 10.4 Å². The normalized spacial score (nSPS) is 11.5. The molecule has 1 aromatic carbocycles. The van der Waals surface area contributed by atoms with Crippen molar-refractivity contribution in [2.75, 3.05) is 0 Å². The quantitative estimate of drug-likeness (QED) is 0.421. The van der Waals surface area contributed by atoms with Gasteiger partial charge in [-0.05, 0) is 0 Å². The second-order valence-corrected chi connectivity index (χ2v) is 3.27. The largest absolute Gasteiger partial charge is 0.480 e. The molecule has 7 nitrogen and oxygen atoms in total. The van der Waals surface area contributed by atoms with Gasteiger partial charge in [0.25, 0.3) is 5.69 Å². The van der Waals surface area contributed by atoms with Gasteiger partial charge in [0, 0.05) is 18.1 Å². The summed E-state index contributed by atoms with van der Waals surface area (Å²) in [6.45, 7) is 0. The number of rotatable bonds is 6. The number of benzene rings is 1. The van der Waals surface area contributed by atoms with Crippen LogP contribution in [0.15, 0.2) is 24.3 Å². The van der Waals surface area contributed by atoms with E-state index >= 15 is 0 Å². The maximum absolute atomic E-state index is 10.8. The number of carboxylic acid groups (broad SMARTS) is 1. The van der Waals surface area contributed by atoms with Gasteiger partial charge in [0.2, 0.25) is 6.41 Å². The number of nitrogens with one attached hydrogen (secondary N) is 1. The number of carbonyl (C=O) groups is 2.